The fourth-order valence-corrected chi connectivity index (χ4v) is 2.40. The second-order valence-corrected chi connectivity index (χ2v) is 5.14. The third-order valence-electron chi connectivity index (χ3n) is 3.71. The highest BCUT2D eigenvalue weighted by atomic mass is 16.2. The van der Waals surface area contributed by atoms with E-state index in [0.717, 1.165) is 25.6 Å². The third-order valence-corrected chi connectivity index (χ3v) is 3.71. The summed E-state index contributed by atoms with van der Waals surface area (Å²) in [5.41, 5.74) is 0. The molecule has 1 N–H and O–H groups in total. The Morgan fingerprint density at radius 1 is 1.29 bits per heavy atom. The average Bonchev–Trinajstić information content (AvgIpc) is 2.87. The Morgan fingerprint density at radius 2 is 2.00 bits per heavy atom. The van der Waals surface area contributed by atoms with Crippen molar-refractivity contribution in [3.63, 3.8) is 0 Å². The van der Waals surface area contributed by atoms with Gasteiger partial charge in [0.05, 0.1) is 6.54 Å². The van der Waals surface area contributed by atoms with Gasteiger partial charge in [-0.15, -0.1) is 0 Å². The van der Waals surface area contributed by atoms with Crippen molar-refractivity contribution in [1.29, 1.82) is 0 Å². The van der Waals surface area contributed by atoms with E-state index in [-0.39, 0.29) is 5.91 Å². The van der Waals surface area contributed by atoms with Gasteiger partial charge in [-0.3, -0.25) is 4.79 Å². The molecule has 17 heavy (non-hydrogen) atoms. The molecule has 0 radical (unpaired) electrons. The topological polar surface area (TPSA) is 32.3 Å². The van der Waals surface area contributed by atoms with Crippen LogP contribution in [-0.2, 0) is 4.79 Å². The van der Waals surface area contributed by atoms with Crippen molar-refractivity contribution in [2.75, 3.05) is 26.2 Å². The SMILES string of the molecule is CCCCC(CC)CNCC(=O)N1CCCC1. The van der Waals surface area contributed by atoms with Crippen molar-refractivity contribution in [3.8, 4) is 0 Å². The van der Waals surface area contributed by atoms with Crippen LogP contribution in [0.5, 0.6) is 0 Å². The summed E-state index contributed by atoms with van der Waals surface area (Å²) in [6.45, 7) is 7.93. The fourth-order valence-electron chi connectivity index (χ4n) is 2.40. The normalized spacial score (nSPS) is 17.4. The van der Waals surface area contributed by atoms with Crippen LogP contribution in [0.2, 0.25) is 0 Å². The Bertz CT molecular complexity index is 212. The van der Waals surface area contributed by atoms with E-state index in [2.05, 4.69) is 19.2 Å². The maximum absolute atomic E-state index is 11.8. The maximum Gasteiger partial charge on any atom is 0.236 e. The van der Waals surface area contributed by atoms with Crippen molar-refractivity contribution in [2.45, 2.75) is 52.4 Å². The summed E-state index contributed by atoms with van der Waals surface area (Å²) in [7, 11) is 0. The van der Waals surface area contributed by atoms with Gasteiger partial charge in [-0.05, 0) is 31.7 Å². The number of likely N-dealkylation sites (tertiary alicyclic amines) is 1. The summed E-state index contributed by atoms with van der Waals surface area (Å²) < 4.78 is 0. The van der Waals surface area contributed by atoms with Gasteiger partial charge < -0.3 is 10.2 Å². The zero-order chi connectivity index (χ0) is 12.5. The molecule has 0 aliphatic carbocycles. The van der Waals surface area contributed by atoms with Gasteiger partial charge in [-0.1, -0.05) is 33.1 Å². The van der Waals surface area contributed by atoms with E-state index in [9.17, 15) is 4.79 Å². The van der Waals surface area contributed by atoms with Gasteiger partial charge in [0.15, 0.2) is 0 Å². The summed E-state index contributed by atoms with van der Waals surface area (Å²) in [5.74, 6) is 1.02. The van der Waals surface area contributed by atoms with Crippen LogP contribution in [0, 0.1) is 5.92 Å². The van der Waals surface area contributed by atoms with Crippen LogP contribution in [0.15, 0.2) is 0 Å². The van der Waals surface area contributed by atoms with Crippen molar-refractivity contribution < 1.29 is 4.79 Å². The molecular formula is C14H28N2O. The van der Waals surface area contributed by atoms with Gasteiger partial charge >= 0.3 is 0 Å². The molecule has 3 heteroatoms. The highest BCUT2D eigenvalue weighted by Gasteiger charge is 2.17. The zero-order valence-corrected chi connectivity index (χ0v) is 11.5. The fraction of sp³-hybridized carbons (Fsp3) is 0.929. The largest absolute Gasteiger partial charge is 0.342 e. The third kappa shape index (κ3) is 5.53. The molecule has 1 unspecified atom stereocenters. The molecule has 100 valence electrons. The second-order valence-electron chi connectivity index (χ2n) is 5.14. The van der Waals surface area contributed by atoms with E-state index in [1.807, 2.05) is 4.90 Å². The Balaban J connectivity index is 2.10. The van der Waals surface area contributed by atoms with Gasteiger partial charge in [0.25, 0.3) is 0 Å². The average molecular weight is 240 g/mol. The molecule has 0 bridgehead atoms. The van der Waals surface area contributed by atoms with Crippen molar-refractivity contribution in [1.82, 2.24) is 10.2 Å². The minimum absolute atomic E-state index is 0.285. The number of hydrogen-bond donors (Lipinski definition) is 1. The molecule has 1 amide bonds. The van der Waals surface area contributed by atoms with Crippen molar-refractivity contribution in [2.24, 2.45) is 5.92 Å². The molecule has 1 heterocycles. The van der Waals surface area contributed by atoms with Crippen LogP contribution in [-0.4, -0.2) is 37.0 Å². The molecule has 0 saturated carbocycles. The summed E-state index contributed by atoms with van der Waals surface area (Å²) in [4.78, 5) is 13.8. The van der Waals surface area contributed by atoms with Crippen LogP contribution in [0.4, 0.5) is 0 Å². The van der Waals surface area contributed by atoms with E-state index < -0.39 is 0 Å². The van der Waals surface area contributed by atoms with Crippen LogP contribution < -0.4 is 5.32 Å². The first-order valence-corrected chi connectivity index (χ1v) is 7.26. The molecule has 1 aliphatic rings. The first-order chi connectivity index (χ1) is 8.27. The van der Waals surface area contributed by atoms with Gasteiger partial charge in [0, 0.05) is 13.1 Å². The summed E-state index contributed by atoms with van der Waals surface area (Å²) in [5, 5.41) is 3.33. The predicted octanol–water partition coefficient (Wildman–Crippen LogP) is 2.41. The first kappa shape index (κ1) is 14.5. The highest BCUT2D eigenvalue weighted by Crippen LogP contribution is 2.11. The van der Waals surface area contributed by atoms with E-state index in [1.54, 1.807) is 0 Å². The van der Waals surface area contributed by atoms with Crippen LogP contribution in [0.25, 0.3) is 0 Å². The highest BCUT2D eigenvalue weighted by molar-refractivity contribution is 5.78. The Morgan fingerprint density at radius 3 is 2.59 bits per heavy atom. The Hall–Kier alpha value is -0.570. The number of hydrogen-bond acceptors (Lipinski definition) is 2. The number of carbonyl (C=O) groups is 1. The summed E-state index contributed by atoms with van der Waals surface area (Å²) in [6, 6.07) is 0. The van der Waals surface area contributed by atoms with Crippen LogP contribution in [0.3, 0.4) is 0 Å². The number of carbonyl (C=O) groups excluding carboxylic acids is 1. The minimum Gasteiger partial charge on any atom is -0.342 e. The van der Waals surface area contributed by atoms with Crippen LogP contribution in [0.1, 0.15) is 52.4 Å². The Labute approximate surface area is 106 Å². The smallest absolute Gasteiger partial charge is 0.236 e. The zero-order valence-electron chi connectivity index (χ0n) is 11.5. The lowest BCUT2D eigenvalue weighted by Gasteiger charge is -2.18. The maximum atomic E-state index is 11.8. The quantitative estimate of drug-likeness (QED) is 0.706. The van der Waals surface area contributed by atoms with E-state index in [4.69, 9.17) is 0 Å². The second kappa shape index (κ2) is 8.51. The van der Waals surface area contributed by atoms with Gasteiger partial charge in [0.1, 0.15) is 0 Å². The molecule has 0 aromatic rings. The van der Waals surface area contributed by atoms with E-state index in [0.29, 0.717) is 6.54 Å². The molecule has 1 aliphatic heterocycles. The monoisotopic (exact) mass is 240 g/mol. The van der Waals surface area contributed by atoms with Crippen molar-refractivity contribution in [3.05, 3.63) is 0 Å². The summed E-state index contributed by atoms with van der Waals surface area (Å²) >= 11 is 0. The molecule has 0 aromatic heterocycles. The van der Waals surface area contributed by atoms with Crippen molar-refractivity contribution >= 4 is 5.91 Å². The lowest BCUT2D eigenvalue weighted by atomic mass is 9.99. The number of nitrogens with one attached hydrogen (secondary N) is 1. The molecular weight excluding hydrogens is 212 g/mol. The number of nitrogens with zero attached hydrogens (tertiary/aromatic N) is 1. The van der Waals surface area contributed by atoms with Gasteiger partial charge in [-0.2, -0.15) is 0 Å². The molecule has 1 saturated heterocycles. The van der Waals surface area contributed by atoms with E-state index in [1.165, 1.54) is 38.5 Å². The first-order valence-electron chi connectivity index (χ1n) is 7.26. The summed E-state index contributed by atoms with van der Waals surface area (Å²) in [6.07, 6.45) is 7.44. The van der Waals surface area contributed by atoms with Gasteiger partial charge in [-0.25, -0.2) is 0 Å². The number of unbranched alkanes of at least 4 members (excludes halogenated alkanes) is 1. The predicted molar refractivity (Wildman–Crippen MR) is 72.0 cm³/mol. The molecule has 0 spiro atoms. The Kier molecular flexibility index (Phi) is 7.25. The molecule has 1 rings (SSSR count). The number of rotatable bonds is 8. The molecule has 0 aromatic carbocycles. The number of amides is 1. The minimum atomic E-state index is 0.285. The lowest BCUT2D eigenvalue weighted by molar-refractivity contribution is -0.129. The molecule has 1 fully saturated rings. The van der Waals surface area contributed by atoms with E-state index >= 15 is 0 Å². The molecule has 1 atom stereocenters. The molecule has 3 nitrogen and oxygen atoms in total. The van der Waals surface area contributed by atoms with Crippen LogP contribution >= 0.6 is 0 Å². The van der Waals surface area contributed by atoms with Gasteiger partial charge in [0.2, 0.25) is 5.91 Å². The standard InChI is InChI=1S/C14H28N2O/c1-3-5-8-13(4-2)11-15-12-14(17)16-9-6-7-10-16/h13,15H,3-12H2,1-2H3. The lowest BCUT2D eigenvalue weighted by Crippen LogP contribution is -2.37.